The van der Waals surface area contributed by atoms with Gasteiger partial charge in [0.25, 0.3) is 10.0 Å². The summed E-state index contributed by atoms with van der Waals surface area (Å²) in [5.41, 5.74) is 1.76. The van der Waals surface area contributed by atoms with Crippen LogP contribution in [0.4, 0.5) is 5.69 Å². The van der Waals surface area contributed by atoms with Gasteiger partial charge in [0.05, 0.1) is 10.6 Å². The number of carbonyl (C=O) groups excluding carboxylic acids is 2. The van der Waals surface area contributed by atoms with Crippen molar-refractivity contribution in [2.75, 3.05) is 17.4 Å². The third-order valence-corrected chi connectivity index (χ3v) is 8.37. The topological polar surface area (TPSA) is 86.8 Å². The monoisotopic (exact) mass is 555 g/mol. The zero-order valence-electron chi connectivity index (χ0n) is 21.9. The average molecular weight is 556 g/mol. The van der Waals surface area contributed by atoms with Crippen molar-refractivity contribution in [1.29, 1.82) is 0 Å². The van der Waals surface area contributed by atoms with Crippen LogP contribution in [0.2, 0.25) is 5.02 Å². The molecule has 0 aromatic heterocycles. The molecule has 0 aliphatic rings. The summed E-state index contributed by atoms with van der Waals surface area (Å²) in [5.74, 6) is -0.797. The van der Waals surface area contributed by atoms with Crippen molar-refractivity contribution < 1.29 is 18.0 Å². The Labute approximate surface area is 230 Å². The lowest BCUT2D eigenvalue weighted by atomic mass is 10.1. The van der Waals surface area contributed by atoms with Crippen LogP contribution in [-0.4, -0.2) is 44.3 Å². The van der Waals surface area contributed by atoms with E-state index in [9.17, 15) is 18.0 Å². The predicted octanol–water partition coefficient (Wildman–Crippen LogP) is 5.18. The van der Waals surface area contributed by atoms with Gasteiger partial charge in [-0.25, -0.2) is 8.42 Å². The maximum atomic E-state index is 14.0. The smallest absolute Gasteiger partial charge is 0.264 e. The molecular weight excluding hydrogens is 522 g/mol. The summed E-state index contributed by atoms with van der Waals surface area (Å²) in [6.07, 6.45) is 1.10. The first kappa shape index (κ1) is 29.2. The minimum atomic E-state index is -4.09. The number of para-hydroxylation sites is 1. The zero-order valence-corrected chi connectivity index (χ0v) is 23.5. The van der Waals surface area contributed by atoms with Crippen LogP contribution >= 0.6 is 11.6 Å². The van der Waals surface area contributed by atoms with Gasteiger partial charge < -0.3 is 10.2 Å². The van der Waals surface area contributed by atoms with Gasteiger partial charge in [0.15, 0.2) is 0 Å². The maximum absolute atomic E-state index is 14.0. The van der Waals surface area contributed by atoms with E-state index in [0.717, 1.165) is 10.7 Å². The fourth-order valence-corrected chi connectivity index (χ4v) is 5.87. The van der Waals surface area contributed by atoms with E-state index >= 15 is 0 Å². The van der Waals surface area contributed by atoms with Crippen LogP contribution in [0.25, 0.3) is 0 Å². The standard InChI is InChI=1S/C29H34ClN3O4S/c1-4-19-31-29(35)26(5-2)32(20-23-14-10-11-17-25(23)30)28(34)21-33(27-18-12-9-13-22(27)3)38(36,37)24-15-7-6-8-16-24/h6-18,26H,4-5,19-21H2,1-3H3,(H,31,35)/t26-/m1/s1. The summed E-state index contributed by atoms with van der Waals surface area (Å²) in [7, 11) is -4.09. The lowest BCUT2D eigenvalue weighted by Crippen LogP contribution is -2.52. The van der Waals surface area contributed by atoms with E-state index in [4.69, 9.17) is 11.6 Å². The van der Waals surface area contributed by atoms with Crippen molar-refractivity contribution in [2.24, 2.45) is 0 Å². The number of nitrogens with zero attached hydrogens (tertiary/aromatic N) is 2. The summed E-state index contributed by atoms with van der Waals surface area (Å²) >= 11 is 6.41. The van der Waals surface area contributed by atoms with Crippen LogP contribution in [0.1, 0.15) is 37.8 Å². The number of sulfonamides is 1. The van der Waals surface area contributed by atoms with E-state index in [1.807, 2.05) is 26.0 Å². The Balaban J connectivity index is 2.06. The van der Waals surface area contributed by atoms with Gasteiger partial charge in [0.2, 0.25) is 11.8 Å². The predicted molar refractivity (Wildman–Crippen MR) is 152 cm³/mol. The molecule has 0 aliphatic carbocycles. The molecule has 0 aliphatic heterocycles. The summed E-state index contributed by atoms with van der Waals surface area (Å²) < 4.78 is 28.8. The van der Waals surface area contributed by atoms with Crippen LogP contribution in [-0.2, 0) is 26.2 Å². The van der Waals surface area contributed by atoms with Crippen molar-refractivity contribution in [1.82, 2.24) is 10.2 Å². The highest BCUT2D eigenvalue weighted by Crippen LogP contribution is 2.28. The van der Waals surface area contributed by atoms with E-state index in [1.54, 1.807) is 61.5 Å². The van der Waals surface area contributed by atoms with Crippen LogP contribution in [0.15, 0.2) is 83.8 Å². The molecule has 7 nitrogen and oxygen atoms in total. The van der Waals surface area contributed by atoms with E-state index in [1.165, 1.54) is 17.0 Å². The van der Waals surface area contributed by atoms with Crippen LogP contribution in [0.5, 0.6) is 0 Å². The fraction of sp³-hybridized carbons (Fsp3) is 0.310. The first-order valence-electron chi connectivity index (χ1n) is 12.6. The molecule has 3 aromatic rings. The molecule has 0 spiro atoms. The second-order valence-electron chi connectivity index (χ2n) is 8.94. The molecule has 0 saturated carbocycles. The van der Waals surface area contributed by atoms with Crippen molar-refractivity contribution >= 4 is 39.1 Å². The molecule has 1 atom stereocenters. The normalized spacial score (nSPS) is 12.0. The van der Waals surface area contributed by atoms with E-state index < -0.39 is 28.5 Å². The Morgan fingerprint density at radius 3 is 2.18 bits per heavy atom. The Morgan fingerprint density at radius 2 is 1.55 bits per heavy atom. The number of halogens is 1. The molecule has 38 heavy (non-hydrogen) atoms. The Morgan fingerprint density at radius 1 is 0.921 bits per heavy atom. The highest BCUT2D eigenvalue weighted by molar-refractivity contribution is 7.92. The molecule has 3 rings (SSSR count). The number of benzene rings is 3. The molecule has 0 saturated heterocycles. The summed E-state index contributed by atoms with van der Waals surface area (Å²) in [6, 6.07) is 21.3. The third-order valence-electron chi connectivity index (χ3n) is 6.23. The fourth-order valence-electron chi connectivity index (χ4n) is 4.17. The maximum Gasteiger partial charge on any atom is 0.264 e. The number of rotatable bonds is 12. The van der Waals surface area contributed by atoms with Gasteiger partial charge in [0, 0.05) is 18.1 Å². The molecule has 2 amide bonds. The zero-order chi connectivity index (χ0) is 27.7. The van der Waals surface area contributed by atoms with E-state index in [-0.39, 0.29) is 17.3 Å². The number of amides is 2. The van der Waals surface area contributed by atoms with Gasteiger partial charge in [-0.3, -0.25) is 13.9 Å². The lowest BCUT2D eigenvalue weighted by molar-refractivity contribution is -0.140. The van der Waals surface area contributed by atoms with Crippen molar-refractivity contribution in [2.45, 2.75) is 51.1 Å². The summed E-state index contributed by atoms with van der Waals surface area (Å²) in [4.78, 5) is 28.6. The van der Waals surface area contributed by atoms with Crippen LogP contribution in [0, 0.1) is 6.92 Å². The van der Waals surface area contributed by atoms with E-state index in [0.29, 0.717) is 34.8 Å². The van der Waals surface area contributed by atoms with Gasteiger partial charge in [0.1, 0.15) is 12.6 Å². The molecule has 0 bridgehead atoms. The highest BCUT2D eigenvalue weighted by Gasteiger charge is 2.34. The van der Waals surface area contributed by atoms with E-state index in [2.05, 4.69) is 5.32 Å². The lowest BCUT2D eigenvalue weighted by Gasteiger charge is -2.33. The van der Waals surface area contributed by atoms with Crippen molar-refractivity contribution in [3.05, 3.63) is 95.0 Å². The number of hydrogen-bond acceptors (Lipinski definition) is 4. The summed E-state index contributed by atoms with van der Waals surface area (Å²) in [5, 5.41) is 3.33. The number of hydrogen-bond donors (Lipinski definition) is 1. The van der Waals surface area contributed by atoms with Gasteiger partial charge in [-0.05, 0) is 55.2 Å². The van der Waals surface area contributed by atoms with Crippen molar-refractivity contribution in [3.8, 4) is 0 Å². The Kier molecular flexibility index (Phi) is 10.3. The highest BCUT2D eigenvalue weighted by atomic mass is 35.5. The number of anilines is 1. The quantitative estimate of drug-likeness (QED) is 0.334. The molecule has 0 unspecified atom stereocenters. The number of carbonyl (C=O) groups is 2. The van der Waals surface area contributed by atoms with Gasteiger partial charge in [-0.15, -0.1) is 0 Å². The number of aryl methyl sites for hydroxylation is 1. The van der Waals surface area contributed by atoms with Crippen molar-refractivity contribution in [3.63, 3.8) is 0 Å². The molecule has 0 heterocycles. The first-order valence-corrected chi connectivity index (χ1v) is 14.5. The second-order valence-corrected chi connectivity index (χ2v) is 11.2. The average Bonchev–Trinajstić information content (AvgIpc) is 2.92. The Hall–Kier alpha value is -3.36. The third kappa shape index (κ3) is 6.94. The molecule has 1 N–H and O–H groups in total. The minimum Gasteiger partial charge on any atom is -0.354 e. The molecule has 202 valence electrons. The Bertz CT molecular complexity index is 1350. The summed E-state index contributed by atoms with van der Waals surface area (Å²) in [6.45, 7) is 5.61. The largest absolute Gasteiger partial charge is 0.354 e. The van der Waals surface area contributed by atoms with Gasteiger partial charge in [-0.1, -0.05) is 80.0 Å². The van der Waals surface area contributed by atoms with Gasteiger partial charge >= 0.3 is 0 Å². The molecule has 9 heteroatoms. The SMILES string of the molecule is CCCNC(=O)[C@@H](CC)N(Cc1ccccc1Cl)C(=O)CN(c1ccccc1C)S(=O)(=O)c1ccccc1. The van der Waals surface area contributed by atoms with Crippen LogP contribution in [0.3, 0.4) is 0 Å². The second kappa shape index (κ2) is 13.4. The molecular formula is C29H34ClN3O4S. The molecule has 0 radical (unpaired) electrons. The first-order chi connectivity index (χ1) is 18.2. The number of nitrogens with one attached hydrogen (secondary N) is 1. The minimum absolute atomic E-state index is 0.0591. The van der Waals surface area contributed by atoms with Crippen LogP contribution < -0.4 is 9.62 Å². The molecule has 3 aromatic carbocycles. The molecule has 0 fully saturated rings. The van der Waals surface area contributed by atoms with Gasteiger partial charge in [-0.2, -0.15) is 0 Å².